The fourth-order valence-corrected chi connectivity index (χ4v) is 2.43. The number of benzene rings is 1. The van der Waals surface area contributed by atoms with Crippen LogP contribution in [0.2, 0.25) is 0 Å². The number of ether oxygens (including phenoxy) is 1. The molecule has 1 fully saturated rings. The van der Waals surface area contributed by atoms with Gasteiger partial charge in [-0.15, -0.1) is 0 Å². The van der Waals surface area contributed by atoms with Crippen LogP contribution in [0.15, 0.2) is 18.2 Å². The van der Waals surface area contributed by atoms with Crippen LogP contribution in [0, 0.1) is 5.92 Å². The van der Waals surface area contributed by atoms with Crippen LogP contribution in [0.1, 0.15) is 56.2 Å². The second kappa shape index (κ2) is 5.09. The zero-order valence-electron chi connectivity index (χ0n) is 11.1. The summed E-state index contributed by atoms with van der Waals surface area (Å²) < 4.78 is 5.44. The quantitative estimate of drug-likeness (QED) is 0.862. The van der Waals surface area contributed by atoms with E-state index in [0.717, 1.165) is 5.75 Å². The summed E-state index contributed by atoms with van der Waals surface area (Å²) in [7, 11) is 1.72. The average Bonchev–Trinajstić information content (AvgIpc) is 2.25. The molecule has 2 N–H and O–H groups in total. The van der Waals surface area contributed by atoms with Crippen molar-refractivity contribution in [3.8, 4) is 5.75 Å². The van der Waals surface area contributed by atoms with Crippen molar-refractivity contribution in [2.75, 3.05) is 7.11 Å². The van der Waals surface area contributed by atoms with E-state index >= 15 is 0 Å². The molecule has 2 rings (SSSR count). The molecule has 0 heterocycles. The van der Waals surface area contributed by atoms with Gasteiger partial charge in [0.2, 0.25) is 0 Å². The number of hydrogen-bond acceptors (Lipinski definition) is 2. The van der Waals surface area contributed by atoms with Gasteiger partial charge >= 0.3 is 0 Å². The lowest BCUT2D eigenvalue weighted by Gasteiger charge is -2.32. The van der Waals surface area contributed by atoms with Crippen molar-refractivity contribution in [1.82, 2.24) is 0 Å². The van der Waals surface area contributed by atoms with Gasteiger partial charge < -0.3 is 10.5 Å². The SMILES string of the molecule is COc1ccc(C(C)C)cc1[C@@H](N)C1CCC1. The molecule has 2 nitrogen and oxygen atoms in total. The first kappa shape index (κ1) is 12.4. The van der Waals surface area contributed by atoms with Gasteiger partial charge in [0.25, 0.3) is 0 Å². The van der Waals surface area contributed by atoms with Gasteiger partial charge in [-0.3, -0.25) is 0 Å². The van der Waals surface area contributed by atoms with Gasteiger partial charge in [-0.25, -0.2) is 0 Å². The Morgan fingerprint density at radius 2 is 2.00 bits per heavy atom. The van der Waals surface area contributed by atoms with E-state index in [1.807, 2.05) is 0 Å². The van der Waals surface area contributed by atoms with Crippen molar-refractivity contribution in [2.45, 2.75) is 45.1 Å². The molecule has 1 aliphatic rings. The van der Waals surface area contributed by atoms with Crippen LogP contribution in [0.3, 0.4) is 0 Å². The minimum Gasteiger partial charge on any atom is -0.496 e. The molecule has 1 aliphatic carbocycles. The van der Waals surface area contributed by atoms with Crippen LogP contribution in [0.5, 0.6) is 5.75 Å². The van der Waals surface area contributed by atoms with Gasteiger partial charge in [-0.2, -0.15) is 0 Å². The molecule has 0 spiro atoms. The third kappa shape index (κ3) is 2.47. The van der Waals surface area contributed by atoms with Crippen LogP contribution in [-0.4, -0.2) is 7.11 Å². The summed E-state index contributed by atoms with van der Waals surface area (Å²) in [5, 5.41) is 0. The van der Waals surface area contributed by atoms with E-state index in [1.54, 1.807) is 7.11 Å². The van der Waals surface area contributed by atoms with E-state index < -0.39 is 0 Å². The van der Waals surface area contributed by atoms with Gasteiger partial charge in [0.15, 0.2) is 0 Å². The first-order valence-corrected chi connectivity index (χ1v) is 6.57. The Balaban J connectivity index is 2.30. The Hall–Kier alpha value is -1.02. The molecule has 0 unspecified atom stereocenters. The summed E-state index contributed by atoms with van der Waals surface area (Å²) in [6.45, 7) is 4.42. The molecule has 17 heavy (non-hydrogen) atoms. The number of hydrogen-bond donors (Lipinski definition) is 1. The van der Waals surface area contributed by atoms with Crippen molar-refractivity contribution in [1.29, 1.82) is 0 Å². The van der Waals surface area contributed by atoms with Gasteiger partial charge in [0.05, 0.1) is 7.11 Å². The topological polar surface area (TPSA) is 35.2 Å². The van der Waals surface area contributed by atoms with Crippen LogP contribution in [0.4, 0.5) is 0 Å². The first-order chi connectivity index (χ1) is 8.13. The van der Waals surface area contributed by atoms with Crippen molar-refractivity contribution in [3.05, 3.63) is 29.3 Å². The highest BCUT2D eigenvalue weighted by Crippen LogP contribution is 2.39. The minimum atomic E-state index is 0.136. The lowest BCUT2D eigenvalue weighted by molar-refractivity contribution is 0.259. The molecule has 1 saturated carbocycles. The number of nitrogens with two attached hydrogens (primary N) is 1. The summed E-state index contributed by atoms with van der Waals surface area (Å²) in [6, 6.07) is 6.56. The zero-order valence-corrected chi connectivity index (χ0v) is 11.1. The number of rotatable bonds is 4. The molecule has 94 valence electrons. The highest BCUT2D eigenvalue weighted by molar-refractivity contribution is 5.40. The fourth-order valence-electron chi connectivity index (χ4n) is 2.43. The Kier molecular flexibility index (Phi) is 3.72. The monoisotopic (exact) mass is 233 g/mol. The van der Waals surface area contributed by atoms with E-state index in [-0.39, 0.29) is 6.04 Å². The second-order valence-electron chi connectivity index (χ2n) is 5.37. The summed E-state index contributed by atoms with van der Waals surface area (Å²) in [6.07, 6.45) is 3.84. The molecule has 1 atom stereocenters. The van der Waals surface area contributed by atoms with E-state index in [9.17, 15) is 0 Å². The van der Waals surface area contributed by atoms with E-state index in [2.05, 4.69) is 32.0 Å². The smallest absolute Gasteiger partial charge is 0.123 e. The second-order valence-corrected chi connectivity index (χ2v) is 5.37. The standard InChI is InChI=1S/C15H23NO/c1-10(2)12-7-8-14(17-3)13(9-12)15(16)11-5-4-6-11/h7-11,15H,4-6,16H2,1-3H3/t15-/m0/s1. The van der Waals surface area contributed by atoms with E-state index in [4.69, 9.17) is 10.5 Å². The lowest BCUT2D eigenvalue weighted by Crippen LogP contribution is -2.27. The van der Waals surface area contributed by atoms with Gasteiger partial charge in [-0.05, 0) is 36.3 Å². The number of methoxy groups -OCH3 is 1. The summed E-state index contributed by atoms with van der Waals surface area (Å²) in [5.74, 6) is 2.12. The molecule has 0 bridgehead atoms. The van der Waals surface area contributed by atoms with Crippen LogP contribution >= 0.6 is 0 Å². The molecule has 2 heteroatoms. The van der Waals surface area contributed by atoms with Crippen molar-refractivity contribution in [3.63, 3.8) is 0 Å². The lowest BCUT2D eigenvalue weighted by atomic mass is 9.77. The minimum absolute atomic E-state index is 0.136. The van der Waals surface area contributed by atoms with Crippen molar-refractivity contribution in [2.24, 2.45) is 11.7 Å². The summed E-state index contributed by atoms with van der Waals surface area (Å²) >= 11 is 0. The molecule has 1 aromatic carbocycles. The van der Waals surface area contributed by atoms with Gasteiger partial charge in [0.1, 0.15) is 5.75 Å². The maximum atomic E-state index is 6.37. The first-order valence-electron chi connectivity index (χ1n) is 6.57. The predicted octanol–water partition coefficient (Wildman–Crippen LogP) is 3.62. The molecular weight excluding hydrogens is 210 g/mol. The molecule has 0 amide bonds. The normalized spacial score (nSPS) is 17.9. The Bertz CT molecular complexity index is 383. The molecule has 0 radical (unpaired) electrons. The highest BCUT2D eigenvalue weighted by Gasteiger charge is 2.27. The maximum Gasteiger partial charge on any atom is 0.123 e. The van der Waals surface area contributed by atoms with E-state index in [0.29, 0.717) is 11.8 Å². The Morgan fingerprint density at radius 1 is 1.29 bits per heavy atom. The average molecular weight is 233 g/mol. The van der Waals surface area contributed by atoms with Gasteiger partial charge in [0, 0.05) is 11.6 Å². The zero-order chi connectivity index (χ0) is 12.4. The van der Waals surface area contributed by atoms with Crippen LogP contribution in [0.25, 0.3) is 0 Å². The van der Waals surface area contributed by atoms with E-state index in [1.165, 1.54) is 30.4 Å². The van der Waals surface area contributed by atoms with Crippen LogP contribution < -0.4 is 10.5 Å². The predicted molar refractivity (Wildman–Crippen MR) is 71.4 cm³/mol. The molecule has 0 aliphatic heterocycles. The highest BCUT2D eigenvalue weighted by atomic mass is 16.5. The third-order valence-electron chi connectivity index (χ3n) is 3.94. The Morgan fingerprint density at radius 3 is 2.47 bits per heavy atom. The fraction of sp³-hybridized carbons (Fsp3) is 0.600. The van der Waals surface area contributed by atoms with Gasteiger partial charge in [-0.1, -0.05) is 32.4 Å². The Labute approximate surface area is 104 Å². The molecule has 0 aromatic heterocycles. The largest absolute Gasteiger partial charge is 0.496 e. The maximum absolute atomic E-state index is 6.37. The molecular formula is C15H23NO. The summed E-state index contributed by atoms with van der Waals surface area (Å²) in [5.41, 5.74) is 8.89. The van der Waals surface area contributed by atoms with Crippen molar-refractivity contribution >= 4 is 0 Å². The molecule has 0 saturated heterocycles. The van der Waals surface area contributed by atoms with Crippen LogP contribution in [-0.2, 0) is 0 Å². The van der Waals surface area contributed by atoms with Crippen molar-refractivity contribution < 1.29 is 4.74 Å². The third-order valence-corrected chi connectivity index (χ3v) is 3.94. The summed E-state index contributed by atoms with van der Waals surface area (Å²) in [4.78, 5) is 0. The molecule has 1 aromatic rings.